The Labute approximate surface area is 150 Å². The van der Waals surface area contributed by atoms with Gasteiger partial charge in [0.25, 0.3) is 0 Å². The molecule has 4 N–H and O–H groups in total. The zero-order valence-corrected chi connectivity index (χ0v) is 14.6. The number of aromatic nitrogens is 3. The summed E-state index contributed by atoms with van der Waals surface area (Å²) in [5, 5.41) is 1.46. The topological polar surface area (TPSA) is 86.0 Å². The second-order valence-electron chi connectivity index (χ2n) is 6.41. The number of imidazole rings is 1. The maximum Gasteiger partial charge on any atom is 0.125 e. The van der Waals surface area contributed by atoms with E-state index in [4.69, 9.17) is 11.6 Å². The van der Waals surface area contributed by atoms with Crippen LogP contribution in [0.3, 0.4) is 0 Å². The second kappa shape index (κ2) is 5.96. The molecule has 0 aliphatic carbocycles. The van der Waals surface area contributed by atoms with Crippen LogP contribution in [0.1, 0.15) is 18.3 Å². The molecule has 3 heterocycles. The Morgan fingerprint density at radius 3 is 2.69 bits per heavy atom. The standard InChI is InChI=1S/C19H19FN6/c1-11-7-13(5-6-23-11)19-18-9-16(12(2)21)26(22)17-8-14(20)3-4-15(17)25(18)10-24-19/h3-8,10H,9,21-22H2,1-2H3/b16-12-. The van der Waals surface area contributed by atoms with Gasteiger partial charge in [-0.2, -0.15) is 0 Å². The summed E-state index contributed by atoms with van der Waals surface area (Å²) in [5.74, 6) is 5.94. The third-order valence-electron chi connectivity index (χ3n) is 4.57. The van der Waals surface area contributed by atoms with Crippen molar-refractivity contribution in [1.82, 2.24) is 14.5 Å². The number of nitrogens with zero attached hydrogens (tertiary/aromatic N) is 4. The molecule has 0 saturated heterocycles. The fourth-order valence-electron chi connectivity index (χ4n) is 3.30. The predicted octanol–water partition coefficient (Wildman–Crippen LogP) is 2.81. The van der Waals surface area contributed by atoms with Crippen LogP contribution < -0.4 is 16.6 Å². The van der Waals surface area contributed by atoms with Crippen molar-refractivity contribution in [1.29, 1.82) is 0 Å². The van der Waals surface area contributed by atoms with E-state index in [1.807, 2.05) is 23.6 Å². The molecular formula is C19H19FN6. The molecular weight excluding hydrogens is 331 g/mol. The molecule has 1 aromatic carbocycles. The first-order valence-electron chi connectivity index (χ1n) is 8.25. The van der Waals surface area contributed by atoms with E-state index in [1.54, 1.807) is 25.5 Å². The Kier molecular flexibility index (Phi) is 3.73. The van der Waals surface area contributed by atoms with E-state index in [0.29, 0.717) is 23.5 Å². The first-order valence-corrected chi connectivity index (χ1v) is 8.25. The summed E-state index contributed by atoms with van der Waals surface area (Å²) in [6.07, 6.45) is 3.97. The van der Waals surface area contributed by atoms with Crippen LogP contribution in [0.4, 0.5) is 10.1 Å². The molecule has 1 aliphatic heterocycles. The molecule has 0 spiro atoms. The summed E-state index contributed by atoms with van der Waals surface area (Å²) in [4.78, 5) is 8.86. The van der Waals surface area contributed by atoms with Crippen LogP contribution in [0.5, 0.6) is 0 Å². The fourth-order valence-corrected chi connectivity index (χ4v) is 3.30. The van der Waals surface area contributed by atoms with E-state index < -0.39 is 0 Å². The summed E-state index contributed by atoms with van der Waals surface area (Å²) >= 11 is 0. The van der Waals surface area contributed by atoms with Gasteiger partial charge in [-0.15, -0.1) is 0 Å². The molecule has 1 aliphatic rings. The van der Waals surface area contributed by atoms with Gasteiger partial charge in [0.1, 0.15) is 12.1 Å². The lowest BCUT2D eigenvalue weighted by Crippen LogP contribution is -2.32. The minimum atomic E-state index is -0.359. The van der Waals surface area contributed by atoms with E-state index in [-0.39, 0.29) is 5.82 Å². The molecule has 3 aromatic rings. The molecule has 2 aromatic heterocycles. The van der Waals surface area contributed by atoms with Gasteiger partial charge in [-0.05, 0) is 38.1 Å². The van der Waals surface area contributed by atoms with Gasteiger partial charge in [0.05, 0.1) is 28.5 Å². The van der Waals surface area contributed by atoms with E-state index in [9.17, 15) is 4.39 Å². The average Bonchev–Trinajstić information content (AvgIpc) is 2.97. The number of aryl methyl sites for hydroxylation is 1. The molecule has 0 atom stereocenters. The Hall–Kier alpha value is -3.19. The van der Waals surface area contributed by atoms with Crippen molar-refractivity contribution in [3.63, 3.8) is 0 Å². The maximum absolute atomic E-state index is 13.9. The highest BCUT2D eigenvalue weighted by molar-refractivity contribution is 5.71. The first kappa shape index (κ1) is 16.3. The third-order valence-corrected chi connectivity index (χ3v) is 4.57. The van der Waals surface area contributed by atoms with Crippen molar-refractivity contribution in [2.75, 3.05) is 5.01 Å². The molecule has 0 amide bonds. The average molecular weight is 350 g/mol. The van der Waals surface area contributed by atoms with Crippen molar-refractivity contribution in [2.24, 2.45) is 11.6 Å². The van der Waals surface area contributed by atoms with Crippen molar-refractivity contribution in [2.45, 2.75) is 20.3 Å². The van der Waals surface area contributed by atoms with Crippen LogP contribution in [0.25, 0.3) is 16.9 Å². The number of hydrogen-bond donors (Lipinski definition) is 2. The van der Waals surface area contributed by atoms with Crippen LogP contribution in [-0.2, 0) is 6.42 Å². The number of hydrazine groups is 1. The lowest BCUT2D eigenvalue weighted by atomic mass is 10.1. The number of rotatable bonds is 1. The van der Waals surface area contributed by atoms with Crippen molar-refractivity contribution in [3.05, 3.63) is 71.5 Å². The van der Waals surface area contributed by atoms with Crippen molar-refractivity contribution < 1.29 is 4.39 Å². The largest absolute Gasteiger partial charge is 0.401 e. The molecule has 26 heavy (non-hydrogen) atoms. The van der Waals surface area contributed by atoms with Crippen LogP contribution in [0.15, 0.2) is 54.3 Å². The monoisotopic (exact) mass is 350 g/mol. The molecule has 132 valence electrons. The summed E-state index contributed by atoms with van der Waals surface area (Å²) in [6.45, 7) is 3.73. The molecule has 0 saturated carbocycles. The normalized spacial score (nSPS) is 15.3. The Bertz CT molecular complexity index is 1030. The highest BCUT2D eigenvalue weighted by atomic mass is 19.1. The Balaban J connectivity index is 2.00. The number of pyridine rings is 1. The number of anilines is 1. The minimum Gasteiger partial charge on any atom is -0.401 e. The summed E-state index contributed by atoms with van der Waals surface area (Å²) in [7, 11) is 0. The number of halogens is 1. The zero-order chi connectivity index (χ0) is 18.4. The quantitative estimate of drug-likeness (QED) is 0.659. The number of nitrogens with two attached hydrogens (primary N) is 2. The minimum absolute atomic E-state index is 0.359. The number of benzene rings is 1. The summed E-state index contributed by atoms with van der Waals surface area (Å²) in [5.41, 5.74) is 12.3. The van der Waals surface area contributed by atoms with Gasteiger partial charge in [0.15, 0.2) is 0 Å². The van der Waals surface area contributed by atoms with Crippen LogP contribution in [0, 0.1) is 12.7 Å². The van der Waals surface area contributed by atoms with Gasteiger partial charge in [0, 0.05) is 35.6 Å². The molecule has 7 heteroatoms. The number of fused-ring (bicyclic) bond motifs is 3. The van der Waals surface area contributed by atoms with Crippen LogP contribution >= 0.6 is 0 Å². The van der Waals surface area contributed by atoms with E-state index in [0.717, 1.165) is 28.3 Å². The second-order valence-corrected chi connectivity index (χ2v) is 6.41. The number of hydrogen-bond acceptors (Lipinski definition) is 5. The summed E-state index contributed by atoms with van der Waals surface area (Å²) in [6, 6.07) is 8.43. The highest BCUT2D eigenvalue weighted by Crippen LogP contribution is 2.36. The van der Waals surface area contributed by atoms with Gasteiger partial charge < -0.3 is 10.3 Å². The predicted molar refractivity (Wildman–Crippen MR) is 98.7 cm³/mol. The van der Waals surface area contributed by atoms with Crippen LogP contribution in [0.2, 0.25) is 0 Å². The first-order chi connectivity index (χ1) is 12.5. The zero-order valence-electron chi connectivity index (χ0n) is 14.6. The highest BCUT2D eigenvalue weighted by Gasteiger charge is 2.26. The van der Waals surface area contributed by atoms with E-state index >= 15 is 0 Å². The van der Waals surface area contributed by atoms with Crippen molar-refractivity contribution >= 4 is 5.69 Å². The lowest BCUT2D eigenvalue weighted by Gasteiger charge is -2.22. The smallest absolute Gasteiger partial charge is 0.125 e. The molecule has 0 unspecified atom stereocenters. The van der Waals surface area contributed by atoms with Gasteiger partial charge in [-0.3, -0.25) is 9.99 Å². The van der Waals surface area contributed by atoms with E-state index in [1.165, 1.54) is 17.1 Å². The Morgan fingerprint density at radius 2 is 1.96 bits per heavy atom. The van der Waals surface area contributed by atoms with Gasteiger partial charge >= 0.3 is 0 Å². The molecule has 4 rings (SSSR count). The van der Waals surface area contributed by atoms with Gasteiger partial charge in [-0.25, -0.2) is 15.2 Å². The molecule has 0 fully saturated rings. The summed E-state index contributed by atoms with van der Waals surface area (Å²) < 4.78 is 15.8. The Morgan fingerprint density at radius 1 is 1.15 bits per heavy atom. The maximum atomic E-state index is 13.9. The molecule has 0 bridgehead atoms. The van der Waals surface area contributed by atoms with Gasteiger partial charge in [-0.1, -0.05) is 0 Å². The van der Waals surface area contributed by atoms with Crippen LogP contribution in [-0.4, -0.2) is 14.5 Å². The molecule has 0 radical (unpaired) electrons. The SMILES string of the molecule is C/C(N)=C1\Cc2c(-c3ccnc(C)c3)ncn2-c2ccc(F)cc2N1N. The van der Waals surface area contributed by atoms with E-state index in [2.05, 4.69) is 9.97 Å². The number of allylic oxidation sites excluding steroid dienone is 2. The third kappa shape index (κ3) is 2.53. The lowest BCUT2D eigenvalue weighted by molar-refractivity contribution is 0.627. The van der Waals surface area contributed by atoms with Crippen molar-refractivity contribution in [3.8, 4) is 16.9 Å². The molecule has 6 nitrogen and oxygen atoms in total. The van der Waals surface area contributed by atoms with Gasteiger partial charge in [0.2, 0.25) is 0 Å². The fraction of sp³-hybridized carbons (Fsp3) is 0.158.